The van der Waals surface area contributed by atoms with Crippen molar-refractivity contribution in [3.63, 3.8) is 0 Å². The number of benzene rings is 1. The zero-order valence-electron chi connectivity index (χ0n) is 13.5. The van der Waals surface area contributed by atoms with E-state index in [1.807, 2.05) is 0 Å². The molecular formula is C15H8BrF3N4O2S3. The maximum absolute atomic E-state index is 12.8. The van der Waals surface area contributed by atoms with Crippen molar-refractivity contribution >= 4 is 56.5 Å². The van der Waals surface area contributed by atoms with E-state index in [0.29, 0.717) is 24.5 Å². The summed E-state index contributed by atoms with van der Waals surface area (Å²) < 4.78 is 39.8. The van der Waals surface area contributed by atoms with Gasteiger partial charge in [0.1, 0.15) is 0 Å². The smallest absolute Gasteiger partial charge is 0.258 e. The molecule has 0 amide bonds. The lowest BCUT2D eigenvalue weighted by Crippen LogP contribution is -2.04. The van der Waals surface area contributed by atoms with Crippen LogP contribution in [-0.2, 0) is 11.9 Å². The molecule has 0 saturated carbocycles. The zero-order chi connectivity index (χ0) is 20.3. The largest absolute Gasteiger partial charge is 0.416 e. The molecule has 28 heavy (non-hydrogen) atoms. The van der Waals surface area contributed by atoms with E-state index in [9.17, 15) is 23.3 Å². The molecule has 146 valence electrons. The Morgan fingerprint density at radius 2 is 1.96 bits per heavy atom. The predicted octanol–water partition coefficient (Wildman–Crippen LogP) is 6.07. The number of alkyl halides is 3. The van der Waals surface area contributed by atoms with Crippen LogP contribution in [-0.4, -0.2) is 20.1 Å². The lowest BCUT2D eigenvalue weighted by atomic mass is 10.1. The fourth-order valence-corrected chi connectivity index (χ4v) is 5.23. The van der Waals surface area contributed by atoms with Crippen LogP contribution in [0.1, 0.15) is 11.1 Å². The molecule has 0 aliphatic rings. The number of nitro groups is 1. The van der Waals surface area contributed by atoms with Gasteiger partial charge in [0.05, 0.1) is 10.5 Å². The summed E-state index contributed by atoms with van der Waals surface area (Å²) in [7, 11) is 0. The monoisotopic (exact) mass is 508 g/mol. The summed E-state index contributed by atoms with van der Waals surface area (Å²) in [5.74, 6) is 0.292. The molecule has 2 aromatic heterocycles. The van der Waals surface area contributed by atoms with Gasteiger partial charge in [-0.25, -0.2) is 4.98 Å². The van der Waals surface area contributed by atoms with Crippen molar-refractivity contribution in [2.24, 2.45) is 0 Å². The summed E-state index contributed by atoms with van der Waals surface area (Å²) in [6.45, 7) is 0. The maximum Gasteiger partial charge on any atom is 0.416 e. The molecule has 0 aliphatic heterocycles. The van der Waals surface area contributed by atoms with Crippen LogP contribution in [0.15, 0.2) is 54.7 Å². The first kappa shape index (κ1) is 21.0. The first-order valence-electron chi connectivity index (χ1n) is 7.32. The quantitative estimate of drug-likeness (QED) is 0.227. The van der Waals surface area contributed by atoms with E-state index in [4.69, 9.17) is 0 Å². The number of hydrogen-bond acceptors (Lipinski definition) is 8. The van der Waals surface area contributed by atoms with E-state index in [0.717, 1.165) is 23.9 Å². The van der Waals surface area contributed by atoms with Gasteiger partial charge >= 0.3 is 11.9 Å². The number of nitrogens with zero attached hydrogens (tertiary/aromatic N) is 4. The number of hydrogen-bond donors (Lipinski definition) is 0. The number of pyridine rings is 1. The number of aromatic nitrogens is 3. The lowest BCUT2D eigenvalue weighted by molar-refractivity contribution is -0.388. The Kier molecular flexibility index (Phi) is 6.58. The SMILES string of the molecule is O=[N+]([O-])c1cc(Br)cnc1Sc1nnc(SCc2cccc(C(F)(F)F)c2)s1. The molecular weight excluding hydrogens is 501 g/mol. The van der Waals surface area contributed by atoms with E-state index in [1.165, 1.54) is 41.4 Å². The summed E-state index contributed by atoms with van der Waals surface area (Å²) in [6, 6.07) is 6.43. The molecule has 6 nitrogen and oxygen atoms in total. The minimum Gasteiger partial charge on any atom is -0.258 e. The highest BCUT2D eigenvalue weighted by molar-refractivity contribution is 9.10. The fourth-order valence-electron chi connectivity index (χ4n) is 1.99. The van der Waals surface area contributed by atoms with Gasteiger partial charge < -0.3 is 0 Å². The van der Waals surface area contributed by atoms with Crippen molar-refractivity contribution in [3.8, 4) is 0 Å². The number of rotatable bonds is 6. The van der Waals surface area contributed by atoms with E-state index in [-0.39, 0.29) is 10.7 Å². The van der Waals surface area contributed by atoms with Gasteiger partial charge in [0.15, 0.2) is 13.7 Å². The van der Waals surface area contributed by atoms with Gasteiger partial charge in [-0.05, 0) is 39.3 Å². The van der Waals surface area contributed by atoms with Crippen molar-refractivity contribution < 1.29 is 18.1 Å². The molecule has 0 bridgehead atoms. The Balaban J connectivity index is 1.68. The van der Waals surface area contributed by atoms with Gasteiger partial charge in [-0.1, -0.05) is 41.3 Å². The molecule has 0 atom stereocenters. The maximum atomic E-state index is 12.8. The molecule has 13 heteroatoms. The summed E-state index contributed by atoms with van der Waals surface area (Å²) >= 11 is 6.58. The number of halogens is 4. The van der Waals surface area contributed by atoms with Crippen molar-refractivity contribution in [2.45, 2.75) is 25.6 Å². The average molecular weight is 509 g/mol. The molecule has 2 heterocycles. The lowest BCUT2D eigenvalue weighted by Gasteiger charge is -2.07. The van der Waals surface area contributed by atoms with Crippen LogP contribution in [0.4, 0.5) is 18.9 Å². The normalized spacial score (nSPS) is 11.6. The summed E-state index contributed by atoms with van der Waals surface area (Å²) in [5.41, 5.74) is -0.352. The van der Waals surface area contributed by atoms with Crippen LogP contribution >= 0.6 is 50.8 Å². The van der Waals surface area contributed by atoms with Gasteiger partial charge in [-0.2, -0.15) is 13.2 Å². The third kappa shape index (κ3) is 5.43. The van der Waals surface area contributed by atoms with Crippen molar-refractivity contribution in [3.05, 3.63) is 62.2 Å². The Morgan fingerprint density at radius 1 is 1.21 bits per heavy atom. The highest BCUT2D eigenvalue weighted by Gasteiger charge is 2.30. The highest BCUT2D eigenvalue weighted by atomic mass is 79.9. The molecule has 0 saturated heterocycles. The second-order valence-electron chi connectivity index (χ2n) is 5.16. The highest BCUT2D eigenvalue weighted by Crippen LogP contribution is 2.38. The molecule has 3 rings (SSSR count). The Morgan fingerprint density at radius 3 is 2.68 bits per heavy atom. The van der Waals surface area contributed by atoms with E-state index >= 15 is 0 Å². The molecule has 0 N–H and O–H groups in total. The van der Waals surface area contributed by atoms with Gasteiger partial charge in [0, 0.05) is 22.5 Å². The molecule has 0 fully saturated rings. The average Bonchev–Trinajstić information content (AvgIpc) is 3.08. The van der Waals surface area contributed by atoms with Gasteiger partial charge in [-0.15, -0.1) is 10.2 Å². The third-order valence-corrected chi connectivity index (χ3v) is 6.80. The number of thioether (sulfide) groups is 1. The summed E-state index contributed by atoms with van der Waals surface area (Å²) in [4.78, 5) is 14.6. The summed E-state index contributed by atoms with van der Waals surface area (Å²) in [6.07, 6.45) is -2.95. The standard InChI is InChI=1S/C15H8BrF3N4O2S3/c16-10-5-11(23(24)25)12(20-6-10)27-14-22-21-13(28-14)26-7-8-2-1-3-9(4-8)15(17,18)19/h1-6H,7H2. The molecule has 0 spiro atoms. The Bertz CT molecular complexity index is 1020. The zero-order valence-corrected chi connectivity index (χ0v) is 17.5. The van der Waals surface area contributed by atoms with Gasteiger partial charge in [0.25, 0.3) is 0 Å². The second-order valence-corrected chi connectivity index (χ2v) is 9.51. The molecule has 3 aromatic rings. The fraction of sp³-hybridized carbons (Fsp3) is 0.133. The van der Waals surface area contributed by atoms with E-state index < -0.39 is 16.7 Å². The van der Waals surface area contributed by atoms with Gasteiger partial charge in [-0.3, -0.25) is 10.1 Å². The van der Waals surface area contributed by atoms with Crippen molar-refractivity contribution in [2.75, 3.05) is 0 Å². The van der Waals surface area contributed by atoms with Crippen LogP contribution in [0, 0.1) is 10.1 Å². The molecule has 1 aromatic carbocycles. The van der Waals surface area contributed by atoms with Crippen LogP contribution in [0.25, 0.3) is 0 Å². The first-order chi connectivity index (χ1) is 13.2. The predicted molar refractivity (Wildman–Crippen MR) is 104 cm³/mol. The minimum atomic E-state index is -4.39. The van der Waals surface area contributed by atoms with E-state index in [1.54, 1.807) is 6.07 Å². The first-order valence-corrected chi connectivity index (χ1v) is 10.7. The van der Waals surface area contributed by atoms with Gasteiger partial charge in [0.2, 0.25) is 0 Å². The van der Waals surface area contributed by atoms with Crippen molar-refractivity contribution in [1.82, 2.24) is 15.2 Å². The second kappa shape index (κ2) is 8.76. The topological polar surface area (TPSA) is 81.8 Å². The van der Waals surface area contributed by atoms with Crippen LogP contribution in [0.3, 0.4) is 0 Å². The minimum absolute atomic E-state index is 0.159. The molecule has 0 radical (unpaired) electrons. The molecule has 0 unspecified atom stereocenters. The van der Waals surface area contributed by atoms with Crippen LogP contribution in [0.2, 0.25) is 0 Å². The van der Waals surface area contributed by atoms with Crippen LogP contribution < -0.4 is 0 Å². The summed E-state index contributed by atoms with van der Waals surface area (Å²) in [5, 5.41) is 19.3. The molecule has 0 aliphatic carbocycles. The van der Waals surface area contributed by atoms with Crippen LogP contribution in [0.5, 0.6) is 0 Å². The Labute approximate surface area is 177 Å². The van der Waals surface area contributed by atoms with E-state index in [2.05, 4.69) is 31.1 Å². The third-order valence-electron chi connectivity index (χ3n) is 3.18. The van der Waals surface area contributed by atoms with Crippen molar-refractivity contribution in [1.29, 1.82) is 0 Å². The Hall–Kier alpha value is -1.70.